The summed E-state index contributed by atoms with van der Waals surface area (Å²) >= 11 is 0. The Balaban J connectivity index is 2.33. The van der Waals surface area contributed by atoms with Crippen molar-refractivity contribution in [1.29, 1.82) is 0 Å². The molecular weight excluding hydrogens is 398 g/mol. The summed E-state index contributed by atoms with van der Waals surface area (Å²) in [5, 5.41) is 21.5. The first-order chi connectivity index (χ1) is 15.1. The van der Waals surface area contributed by atoms with E-state index < -0.39 is 0 Å². The molecule has 0 fully saturated rings. The minimum Gasteiger partial charge on any atom is -0.392 e. The molecule has 3 aromatic rings. The number of aliphatic hydroxyl groups excluding tert-OH is 2. The second-order valence-electron chi connectivity index (χ2n) is 7.23. The van der Waals surface area contributed by atoms with Gasteiger partial charge in [-0.1, -0.05) is 6.07 Å². The van der Waals surface area contributed by atoms with Gasteiger partial charge < -0.3 is 29.1 Å². The maximum atomic E-state index is 12.6. The van der Waals surface area contributed by atoms with Gasteiger partial charge in [-0.05, 0) is 62.4 Å². The maximum absolute atomic E-state index is 12.6. The molecule has 31 heavy (non-hydrogen) atoms. The van der Waals surface area contributed by atoms with Crippen molar-refractivity contribution < 1.29 is 24.5 Å². The van der Waals surface area contributed by atoms with Crippen molar-refractivity contribution in [3.05, 3.63) is 69.1 Å². The van der Waals surface area contributed by atoms with E-state index in [-0.39, 0.29) is 31.6 Å². The van der Waals surface area contributed by atoms with E-state index in [1.807, 2.05) is 12.1 Å². The largest absolute Gasteiger partial charge is 0.392 e. The lowest BCUT2D eigenvalue weighted by Gasteiger charge is -2.18. The number of nitrogens with zero attached hydrogens (tertiary/aromatic N) is 1. The Labute approximate surface area is 179 Å². The zero-order valence-corrected chi connectivity index (χ0v) is 17.3. The fourth-order valence-electron chi connectivity index (χ4n) is 3.89. The van der Waals surface area contributed by atoms with Crippen molar-refractivity contribution in [2.24, 2.45) is 0 Å². The summed E-state index contributed by atoms with van der Waals surface area (Å²) in [4.78, 5) is 34.9. The molecule has 1 aromatic heterocycles. The van der Waals surface area contributed by atoms with Crippen LogP contribution >= 0.6 is 0 Å². The van der Waals surface area contributed by atoms with E-state index in [0.717, 1.165) is 28.9 Å². The monoisotopic (exact) mass is 423 g/mol. The average Bonchev–Trinajstić information content (AvgIpc) is 2.77. The van der Waals surface area contributed by atoms with E-state index in [0.29, 0.717) is 41.0 Å². The summed E-state index contributed by atoms with van der Waals surface area (Å²) < 4.78 is 6.56. The molecule has 1 heterocycles. The number of aliphatic hydroxyl groups is 2. The van der Waals surface area contributed by atoms with E-state index in [4.69, 9.17) is 4.74 Å². The van der Waals surface area contributed by atoms with Gasteiger partial charge in [-0.2, -0.15) is 0 Å². The molecule has 0 atom stereocenters. The average molecular weight is 423 g/mol. The van der Waals surface area contributed by atoms with Crippen LogP contribution in [-0.2, 0) is 46.9 Å². The molecule has 162 valence electrons. The number of aldehydes is 2. The molecule has 0 spiro atoms. The van der Waals surface area contributed by atoms with Crippen LogP contribution in [0.1, 0.15) is 22.3 Å². The highest BCUT2D eigenvalue weighted by Crippen LogP contribution is 2.36. The van der Waals surface area contributed by atoms with Gasteiger partial charge in [-0.15, -0.1) is 0 Å². The predicted octanol–water partition coefficient (Wildman–Crippen LogP) is 1.78. The van der Waals surface area contributed by atoms with Crippen LogP contribution in [0.3, 0.4) is 0 Å². The van der Waals surface area contributed by atoms with Crippen LogP contribution in [-0.4, -0.2) is 41.1 Å². The first kappa shape index (κ1) is 22.6. The molecule has 7 heteroatoms. The Bertz CT molecular complexity index is 1160. The number of pyridine rings is 1. The zero-order chi connectivity index (χ0) is 22.4. The molecule has 0 aliphatic carbocycles. The van der Waals surface area contributed by atoms with Crippen LogP contribution in [0.2, 0.25) is 0 Å². The molecule has 3 rings (SSSR count). The zero-order valence-electron chi connectivity index (χ0n) is 17.3. The smallest absolute Gasteiger partial charge is 0.251 e. The van der Waals surface area contributed by atoms with Crippen LogP contribution in [0.4, 0.5) is 0 Å². The van der Waals surface area contributed by atoms with E-state index in [2.05, 4.69) is 0 Å². The first-order valence-electron chi connectivity index (χ1n) is 9.97. The van der Waals surface area contributed by atoms with Crippen molar-refractivity contribution in [2.45, 2.75) is 32.6 Å². The van der Waals surface area contributed by atoms with Gasteiger partial charge in [-0.3, -0.25) is 4.79 Å². The second-order valence-corrected chi connectivity index (χ2v) is 7.23. The van der Waals surface area contributed by atoms with Gasteiger partial charge in [0.2, 0.25) is 0 Å². The lowest BCUT2D eigenvalue weighted by Crippen LogP contribution is -2.20. The van der Waals surface area contributed by atoms with Gasteiger partial charge in [0.25, 0.3) is 5.56 Å². The third-order valence-electron chi connectivity index (χ3n) is 5.42. The molecule has 0 aliphatic rings. The van der Waals surface area contributed by atoms with Gasteiger partial charge in [-0.25, -0.2) is 0 Å². The summed E-state index contributed by atoms with van der Waals surface area (Å²) in [5.41, 5.74) is 3.51. The number of fused-ring (bicyclic) bond motifs is 1. The summed E-state index contributed by atoms with van der Waals surface area (Å²) in [5.74, 6) is 0. The molecular formula is C24H25NO6. The Morgan fingerprint density at radius 2 is 1.65 bits per heavy atom. The van der Waals surface area contributed by atoms with E-state index in [1.54, 1.807) is 25.4 Å². The number of aromatic nitrogens is 1. The van der Waals surface area contributed by atoms with E-state index >= 15 is 0 Å². The number of carbonyl (C=O) groups excluding carboxylic acids is 2. The summed E-state index contributed by atoms with van der Waals surface area (Å²) in [6, 6.07) is 8.69. The van der Waals surface area contributed by atoms with Gasteiger partial charge in [0.15, 0.2) is 0 Å². The van der Waals surface area contributed by atoms with Crippen molar-refractivity contribution >= 4 is 23.3 Å². The number of hydrogen-bond acceptors (Lipinski definition) is 6. The van der Waals surface area contributed by atoms with Crippen molar-refractivity contribution in [3.63, 3.8) is 0 Å². The third kappa shape index (κ3) is 4.64. The predicted molar refractivity (Wildman–Crippen MR) is 117 cm³/mol. The van der Waals surface area contributed by atoms with Gasteiger partial charge in [0, 0.05) is 38.8 Å². The molecule has 0 unspecified atom stereocenters. The van der Waals surface area contributed by atoms with Crippen molar-refractivity contribution in [2.75, 3.05) is 13.7 Å². The van der Waals surface area contributed by atoms with E-state index in [9.17, 15) is 24.6 Å². The summed E-state index contributed by atoms with van der Waals surface area (Å²) in [6.45, 7) is 0.201. The highest BCUT2D eigenvalue weighted by molar-refractivity contribution is 6.00. The van der Waals surface area contributed by atoms with Crippen LogP contribution < -0.4 is 5.56 Å². The lowest BCUT2D eigenvalue weighted by atomic mass is 9.87. The molecule has 7 nitrogen and oxygen atoms in total. The minimum absolute atomic E-state index is 0.146. The summed E-state index contributed by atoms with van der Waals surface area (Å²) in [7, 11) is 1.56. The standard InChI is InChI=1S/C24H25NO6/c1-31-9-6-25-5-2-18(13-23(25)30)24-21-12-17(4-8-27)16(3-7-26)10-19(21)11-20(14-28)22(24)15-29/h2,5,7-8,10-13,28-29H,3-4,6,9,14-15H2,1H3. The molecule has 0 saturated carbocycles. The van der Waals surface area contributed by atoms with Crippen molar-refractivity contribution in [1.82, 2.24) is 4.57 Å². The minimum atomic E-state index is -0.326. The van der Waals surface area contributed by atoms with Crippen molar-refractivity contribution in [3.8, 4) is 11.1 Å². The van der Waals surface area contributed by atoms with Gasteiger partial charge >= 0.3 is 0 Å². The number of rotatable bonds is 10. The summed E-state index contributed by atoms with van der Waals surface area (Å²) in [6.07, 6.45) is 3.54. The van der Waals surface area contributed by atoms with Crippen LogP contribution in [0.15, 0.2) is 41.3 Å². The number of ether oxygens (including phenoxy) is 1. The van der Waals surface area contributed by atoms with Crippen LogP contribution in [0.25, 0.3) is 21.9 Å². The molecule has 2 aromatic carbocycles. The molecule has 2 N–H and O–H groups in total. The number of methoxy groups -OCH3 is 1. The Morgan fingerprint density at radius 1 is 0.968 bits per heavy atom. The normalized spacial score (nSPS) is 11.1. The SMILES string of the molecule is COCCn1ccc(-c2c(CO)c(CO)cc3cc(CC=O)c(CC=O)cc23)cc1=O. The lowest BCUT2D eigenvalue weighted by molar-refractivity contribution is -0.108. The van der Waals surface area contributed by atoms with E-state index in [1.165, 1.54) is 10.6 Å². The molecule has 0 bridgehead atoms. The number of hydrogen-bond donors (Lipinski definition) is 2. The molecule has 0 saturated heterocycles. The molecule has 0 amide bonds. The van der Waals surface area contributed by atoms with Gasteiger partial charge in [0.1, 0.15) is 12.6 Å². The molecule has 0 aliphatic heterocycles. The first-order valence-corrected chi connectivity index (χ1v) is 9.97. The fraction of sp³-hybridized carbons (Fsp3) is 0.292. The third-order valence-corrected chi connectivity index (χ3v) is 5.42. The van der Waals surface area contributed by atoms with Crippen LogP contribution in [0, 0.1) is 0 Å². The molecule has 0 radical (unpaired) electrons. The Morgan fingerprint density at radius 3 is 2.23 bits per heavy atom. The Hall–Kier alpha value is -3.13. The highest BCUT2D eigenvalue weighted by Gasteiger charge is 2.17. The number of benzene rings is 2. The highest BCUT2D eigenvalue weighted by atomic mass is 16.5. The topological polar surface area (TPSA) is 106 Å². The number of carbonyl (C=O) groups is 2. The Kier molecular flexibility index (Phi) is 7.46. The van der Waals surface area contributed by atoms with Crippen LogP contribution in [0.5, 0.6) is 0 Å². The maximum Gasteiger partial charge on any atom is 0.251 e. The quantitative estimate of drug-likeness (QED) is 0.482. The second kappa shape index (κ2) is 10.3. The van der Waals surface area contributed by atoms with Gasteiger partial charge in [0.05, 0.1) is 19.8 Å². The fourth-order valence-corrected chi connectivity index (χ4v) is 3.89.